The topological polar surface area (TPSA) is 165 Å². The first-order chi connectivity index (χ1) is 20.4. The van der Waals surface area contributed by atoms with Crippen LogP contribution in [0.5, 0.6) is 0 Å². The maximum Gasteiger partial charge on any atom is 0.292 e. The molecule has 2 fully saturated rings. The Labute approximate surface area is 241 Å². The van der Waals surface area contributed by atoms with Gasteiger partial charge in [-0.3, -0.25) is 9.78 Å². The Bertz CT molecular complexity index is 1870. The molecule has 13 heteroatoms. The SMILES string of the molecule is CCS(=O)(=O)c1c([C@H]2C[C@H]3CC[C@@H](C2)N3C(=O)c2nnc[nH]2)nc2c(-c3ccc(-c4ccccc4)nc3)cnn2c1N. The summed E-state index contributed by atoms with van der Waals surface area (Å²) < 4.78 is 28.3. The molecular weight excluding hydrogens is 554 g/mol. The van der Waals surface area contributed by atoms with Crippen molar-refractivity contribution in [2.75, 3.05) is 11.5 Å². The standard InChI is InChI=1S/C29H29N9O3S/c1-2-42(40,41)25-24(19-12-20-9-10-21(13-19)37(20)29(39)27-32-16-33-36-27)35-28-22(15-34-38(28)26(25)30)18-8-11-23(31-14-18)17-6-4-3-5-7-17/h3-8,11,14-16,19-21H,2,9-10,12-13,30H2,1H3,(H,32,33,36)/t19-,20+,21-. The number of piperidine rings is 1. The van der Waals surface area contributed by atoms with Gasteiger partial charge < -0.3 is 15.6 Å². The molecule has 6 heterocycles. The summed E-state index contributed by atoms with van der Waals surface area (Å²) in [6.07, 6.45) is 7.59. The number of sulfone groups is 1. The number of anilines is 1. The van der Waals surface area contributed by atoms with Crippen LogP contribution in [-0.2, 0) is 9.84 Å². The Morgan fingerprint density at radius 3 is 2.45 bits per heavy atom. The Balaban J connectivity index is 1.30. The van der Waals surface area contributed by atoms with E-state index < -0.39 is 9.84 Å². The highest BCUT2D eigenvalue weighted by Gasteiger charge is 2.46. The summed E-state index contributed by atoms with van der Waals surface area (Å²) >= 11 is 0. The Morgan fingerprint density at radius 1 is 1.05 bits per heavy atom. The van der Waals surface area contributed by atoms with E-state index in [4.69, 9.17) is 10.7 Å². The zero-order valence-corrected chi connectivity index (χ0v) is 23.7. The lowest BCUT2D eigenvalue weighted by Crippen LogP contribution is -2.46. The summed E-state index contributed by atoms with van der Waals surface area (Å²) in [4.78, 5) is 27.5. The molecule has 3 atom stereocenters. The highest BCUT2D eigenvalue weighted by Crippen LogP contribution is 2.46. The number of aromatic amines is 1. The molecule has 5 aromatic rings. The van der Waals surface area contributed by atoms with E-state index in [2.05, 4.69) is 25.3 Å². The summed E-state index contributed by atoms with van der Waals surface area (Å²) in [5.74, 6) is -0.256. The number of nitrogen functional groups attached to an aromatic ring is 1. The van der Waals surface area contributed by atoms with Crippen molar-refractivity contribution < 1.29 is 13.2 Å². The van der Waals surface area contributed by atoms with Gasteiger partial charge in [-0.15, -0.1) is 10.2 Å². The van der Waals surface area contributed by atoms with Gasteiger partial charge in [0.2, 0.25) is 5.82 Å². The number of hydrogen-bond acceptors (Lipinski definition) is 9. The van der Waals surface area contributed by atoms with Crippen molar-refractivity contribution in [1.82, 2.24) is 39.7 Å². The lowest BCUT2D eigenvalue weighted by molar-refractivity contribution is 0.0556. The number of fused-ring (bicyclic) bond motifs is 3. The molecule has 2 aliphatic heterocycles. The van der Waals surface area contributed by atoms with Crippen LogP contribution in [0.1, 0.15) is 54.8 Å². The second kappa shape index (κ2) is 10.0. The molecule has 2 saturated heterocycles. The van der Waals surface area contributed by atoms with Crippen LogP contribution < -0.4 is 5.73 Å². The van der Waals surface area contributed by atoms with Gasteiger partial charge in [0.05, 0.1) is 23.3 Å². The first-order valence-electron chi connectivity index (χ1n) is 14.0. The van der Waals surface area contributed by atoms with Crippen LogP contribution in [0.4, 0.5) is 5.82 Å². The zero-order valence-electron chi connectivity index (χ0n) is 22.9. The fraction of sp³-hybridized carbons (Fsp3) is 0.310. The van der Waals surface area contributed by atoms with Gasteiger partial charge in [-0.05, 0) is 31.7 Å². The van der Waals surface area contributed by atoms with Crippen LogP contribution in [0, 0.1) is 0 Å². The molecule has 214 valence electrons. The molecule has 7 rings (SSSR count). The van der Waals surface area contributed by atoms with Crippen molar-refractivity contribution in [3.63, 3.8) is 0 Å². The summed E-state index contributed by atoms with van der Waals surface area (Å²) in [5.41, 5.74) is 10.8. The summed E-state index contributed by atoms with van der Waals surface area (Å²) in [7, 11) is -3.74. The molecule has 2 aliphatic rings. The van der Waals surface area contributed by atoms with Gasteiger partial charge in [0.15, 0.2) is 15.5 Å². The maximum atomic E-state index is 13.4. The van der Waals surface area contributed by atoms with Gasteiger partial charge >= 0.3 is 0 Å². The van der Waals surface area contributed by atoms with E-state index in [1.54, 1.807) is 19.3 Å². The van der Waals surface area contributed by atoms with Crippen molar-refractivity contribution in [3.05, 3.63) is 72.7 Å². The van der Waals surface area contributed by atoms with E-state index in [1.807, 2.05) is 47.4 Å². The molecule has 0 saturated carbocycles. The molecule has 2 bridgehead atoms. The lowest BCUT2D eigenvalue weighted by Gasteiger charge is -2.38. The van der Waals surface area contributed by atoms with Crippen LogP contribution in [-0.4, -0.2) is 71.8 Å². The number of nitrogens with two attached hydrogens (primary N) is 1. The minimum absolute atomic E-state index is 0.0316. The second-order valence-corrected chi connectivity index (χ2v) is 13.0. The Morgan fingerprint density at radius 2 is 1.81 bits per heavy atom. The molecule has 42 heavy (non-hydrogen) atoms. The fourth-order valence-electron chi connectivity index (χ4n) is 6.46. The van der Waals surface area contributed by atoms with Crippen LogP contribution in [0.25, 0.3) is 28.0 Å². The fourth-order valence-corrected chi connectivity index (χ4v) is 7.68. The Hall–Kier alpha value is -4.65. The molecule has 1 aromatic carbocycles. The number of carbonyl (C=O) groups excluding carboxylic acids is 1. The molecule has 0 spiro atoms. The molecule has 1 amide bonds. The number of hydrogen-bond donors (Lipinski definition) is 2. The van der Waals surface area contributed by atoms with Crippen LogP contribution in [0.15, 0.2) is 66.1 Å². The molecule has 0 unspecified atom stereocenters. The van der Waals surface area contributed by atoms with Crippen LogP contribution >= 0.6 is 0 Å². The molecule has 3 N–H and O–H groups in total. The van der Waals surface area contributed by atoms with Gasteiger partial charge in [-0.1, -0.05) is 43.3 Å². The Kier molecular flexibility index (Phi) is 6.26. The maximum absolute atomic E-state index is 13.4. The van der Waals surface area contributed by atoms with Crippen molar-refractivity contribution in [2.24, 2.45) is 0 Å². The lowest BCUT2D eigenvalue weighted by atomic mass is 9.87. The average Bonchev–Trinajstić information content (AvgIpc) is 3.76. The van der Waals surface area contributed by atoms with E-state index in [-0.39, 0.29) is 46.2 Å². The predicted molar refractivity (Wildman–Crippen MR) is 155 cm³/mol. The van der Waals surface area contributed by atoms with Gasteiger partial charge in [-0.2, -0.15) is 9.61 Å². The minimum Gasteiger partial charge on any atom is -0.382 e. The van der Waals surface area contributed by atoms with Gasteiger partial charge in [0.1, 0.15) is 17.0 Å². The first kappa shape index (κ1) is 26.3. The van der Waals surface area contributed by atoms with E-state index in [0.717, 1.165) is 29.7 Å². The number of pyridine rings is 1. The molecule has 4 aromatic heterocycles. The van der Waals surface area contributed by atoms with Gasteiger partial charge in [0.25, 0.3) is 5.91 Å². The third-order valence-electron chi connectivity index (χ3n) is 8.47. The molecule has 12 nitrogen and oxygen atoms in total. The van der Waals surface area contributed by atoms with Gasteiger partial charge in [0, 0.05) is 40.9 Å². The summed E-state index contributed by atoms with van der Waals surface area (Å²) in [5, 5.41) is 12.1. The third kappa shape index (κ3) is 4.23. The largest absolute Gasteiger partial charge is 0.382 e. The third-order valence-corrected chi connectivity index (χ3v) is 10.3. The van der Waals surface area contributed by atoms with Crippen molar-refractivity contribution >= 4 is 27.2 Å². The minimum atomic E-state index is -3.74. The summed E-state index contributed by atoms with van der Waals surface area (Å²) in [6, 6.07) is 13.6. The van der Waals surface area contributed by atoms with E-state index in [9.17, 15) is 13.2 Å². The quantitative estimate of drug-likeness (QED) is 0.304. The number of rotatable bonds is 6. The number of benzene rings is 1. The predicted octanol–water partition coefficient (Wildman–Crippen LogP) is 3.50. The number of nitrogens with one attached hydrogen (secondary N) is 1. The molecular formula is C29H29N9O3S. The highest BCUT2D eigenvalue weighted by molar-refractivity contribution is 7.91. The number of carbonyl (C=O) groups is 1. The number of aromatic nitrogens is 7. The van der Waals surface area contributed by atoms with E-state index in [1.165, 1.54) is 10.8 Å². The summed E-state index contributed by atoms with van der Waals surface area (Å²) in [6.45, 7) is 1.60. The van der Waals surface area contributed by atoms with E-state index >= 15 is 0 Å². The number of nitrogens with zero attached hydrogens (tertiary/aromatic N) is 7. The average molecular weight is 584 g/mol. The number of H-pyrrole nitrogens is 1. The monoisotopic (exact) mass is 583 g/mol. The van der Waals surface area contributed by atoms with Gasteiger partial charge in [-0.25, -0.2) is 13.4 Å². The number of amides is 1. The molecule has 0 radical (unpaired) electrons. The smallest absolute Gasteiger partial charge is 0.292 e. The highest BCUT2D eigenvalue weighted by atomic mass is 32.2. The van der Waals surface area contributed by atoms with E-state index in [0.29, 0.717) is 29.7 Å². The van der Waals surface area contributed by atoms with Crippen LogP contribution in [0.2, 0.25) is 0 Å². The van der Waals surface area contributed by atoms with Crippen molar-refractivity contribution in [2.45, 2.75) is 55.5 Å². The zero-order chi connectivity index (χ0) is 29.0. The van der Waals surface area contributed by atoms with Crippen LogP contribution in [0.3, 0.4) is 0 Å². The molecule has 0 aliphatic carbocycles. The normalized spacial score (nSPS) is 20.3. The van der Waals surface area contributed by atoms with Crippen molar-refractivity contribution in [1.29, 1.82) is 0 Å². The second-order valence-electron chi connectivity index (χ2n) is 10.8. The first-order valence-corrected chi connectivity index (χ1v) is 15.6. The van der Waals surface area contributed by atoms with Crippen molar-refractivity contribution in [3.8, 4) is 22.4 Å².